The summed E-state index contributed by atoms with van der Waals surface area (Å²) in [4.78, 5) is 22.3. The summed E-state index contributed by atoms with van der Waals surface area (Å²) < 4.78 is 0.468. The SMILES string of the molecule is CC(N)CC(=O)Nc1ccc(Br)c(C(=O)O)c1. The van der Waals surface area contributed by atoms with Crippen LogP contribution < -0.4 is 11.1 Å². The van der Waals surface area contributed by atoms with Crippen molar-refractivity contribution >= 4 is 33.5 Å². The molecule has 1 aromatic rings. The summed E-state index contributed by atoms with van der Waals surface area (Å²) in [5.74, 6) is -1.29. The molecule has 0 radical (unpaired) electrons. The highest BCUT2D eigenvalue weighted by atomic mass is 79.9. The molecule has 0 aliphatic heterocycles. The average molecular weight is 301 g/mol. The highest BCUT2D eigenvalue weighted by molar-refractivity contribution is 9.10. The Morgan fingerprint density at radius 1 is 1.53 bits per heavy atom. The minimum absolute atomic E-state index is 0.101. The topological polar surface area (TPSA) is 92.4 Å². The molecular weight excluding hydrogens is 288 g/mol. The van der Waals surface area contributed by atoms with Crippen molar-refractivity contribution in [3.8, 4) is 0 Å². The summed E-state index contributed by atoms with van der Waals surface area (Å²) in [6, 6.07) is 4.36. The number of carbonyl (C=O) groups excluding carboxylic acids is 1. The summed E-state index contributed by atoms with van der Waals surface area (Å²) in [5, 5.41) is 11.5. The lowest BCUT2D eigenvalue weighted by Gasteiger charge is -2.08. The van der Waals surface area contributed by atoms with E-state index < -0.39 is 5.97 Å². The molecular formula is C11H13BrN2O3. The highest BCUT2D eigenvalue weighted by Gasteiger charge is 2.11. The Hall–Kier alpha value is -1.40. The number of carboxylic acid groups (broad SMARTS) is 1. The van der Waals surface area contributed by atoms with Gasteiger partial charge in [0.05, 0.1) is 5.56 Å². The van der Waals surface area contributed by atoms with Crippen LogP contribution >= 0.6 is 15.9 Å². The van der Waals surface area contributed by atoms with Gasteiger partial charge >= 0.3 is 5.97 Å². The second kappa shape index (κ2) is 5.79. The molecule has 1 rings (SSSR count). The maximum absolute atomic E-state index is 11.4. The molecule has 0 aliphatic rings. The van der Waals surface area contributed by atoms with Gasteiger partial charge < -0.3 is 16.2 Å². The molecule has 0 spiro atoms. The molecule has 1 atom stereocenters. The van der Waals surface area contributed by atoms with Gasteiger partial charge in [0.15, 0.2) is 0 Å². The first-order valence-corrected chi connectivity index (χ1v) is 5.77. The Balaban J connectivity index is 2.82. The van der Waals surface area contributed by atoms with E-state index in [0.29, 0.717) is 10.2 Å². The number of aromatic carboxylic acids is 1. The number of nitrogens with one attached hydrogen (secondary N) is 1. The van der Waals surface area contributed by atoms with E-state index in [2.05, 4.69) is 21.2 Å². The molecule has 92 valence electrons. The van der Waals surface area contributed by atoms with Crippen molar-refractivity contribution in [2.45, 2.75) is 19.4 Å². The monoisotopic (exact) mass is 300 g/mol. The third-order valence-corrected chi connectivity index (χ3v) is 2.68. The molecule has 0 saturated carbocycles. The second-order valence-electron chi connectivity index (χ2n) is 3.73. The van der Waals surface area contributed by atoms with Gasteiger partial charge in [-0.15, -0.1) is 0 Å². The largest absolute Gasteiger partial charge is 0.478 e. The van der Waals surface area contributed by atoms with Gasteiger partial charge in [0, 0.05) is 22.6 Å². The van der Waals surface area contributed by atoms with Crippen molar-refractivity contribution in [1.29, 1.82) is 0 Å². The number of hydrogen-bond donors (Lipinski definition) is 3. The van der Waals surface area contributed by atoms with Crippen LogP contribution in [0.15, 0.2) is 22.7 Å². The minimum atomic E-state index is -1.06. The number of hydrogen-bond acceptors (Lipinski definition) is 3. The van der Waals surface area contributed by atoms with Crippen LogP contribution in [-0.2, 0) is 4.79 Å². The van der Waals surface area contributed by atoms with E-state index in [1.54, 1.807) is 19.1 Å². The molecule has 4 N–H and O–H groups in total. The maximum atomic E-state index is 11.4. The molecule has 0 saturated heterocycles. The number of carbonyl (C=O) groups is 2. The molecule has 0 fully saturated rings. The Kier molecular flexibility index (Phi) is 4.65. The van der Waals surface area contributed by atoms with Gasteiger partial charge in [-0.1, -0.05) is 0 Å². The minimum Gasteiger partial charge on any atom is -0.478 e. The second-order valence-corrected chi connectivity index (χ2v) is 4.58. The predicted molar refractivity (Wildman–Crippen MR) is 68.0 cm³/mol. The number of benzene rings is 1. The summed E-state index contributed by atoms with van der Waals surface area (Å²) >= 11 is 3.12. The fourth-order valence-corrected chi connectivity index (χ4v) is 1.69. The fraction of sp³-hybridized carbons (Fsp3) is 0.273. The van der Waals surface area contributed by atoms with Crippen LogP contribution in [-0.4, -0.2) is 23.0 Å². The van der Waals surface area contributed by atoms with E-state index in [9.17, 15) is 9.59 Å². The lowest BCUT2D eigenvalue weighted by Crippen LogP contribution is -2.24. The Morgan fingerprint density at radius 3 is 2.71 bits per heavy atom. The number of nitrogens with two attached hydrogens (primary N) is 1. The van der Waals surface area contributed by atoms with Crippen molar-refractivity contribution in [3.05, 3.63) is 28.2 Å². The molecule has 1 amide bonds. The number of amides is 1. The highest BCUT2D eigenvalue weighted by Crippen LogP contribution is 2.21. The summed E-state index contributed by atoms with van der Waals surface area (Å²) in [6.45, 7) is 1.73. The van der Waals surface area contributed by atoms with Crippen LogP contribution in [0.1, 0.15) is 23.7 Å². The molecule has 1 aromatic carbocycles. The average Bonchev–Trinajstić information content (AvgIpc) is 2.19. The Morgan fingerprint density at radius 2 is 2.18 bits per heavy atom. The number of carboxylic acids is 1. The van der Waals surface area contributed by atoms with Crippen molar-refractivity contribution in [1.82, 2.24) is 0 Å². The maximum Gasteiger partial charge on any atom is 0.336 e. The fourth-order valence-electron chi connectivity index (χ4n) is 1.27. The normalized spacial score (nSPS) is 11.9. The number of halogens is 1. The lowest BCUT2D eigenvalue weighted by molar-refractivity contribution is -0.116. The number of anilines is 1. The van der Waals surface area contributed by atoms with E-state index in [4.69, 9.17) is 10.8 Å². The molecule has 5 nitrogen and oxygen atoms in total. The van der Waals surface area contributed by atoms with E-state index >= 15 is 0 Å². The van der Waals surface area contributed by atoms with Crippen molar-refractivity contribution in [3.63, 3.8) is 0 Å². The van der Waals surface area contributed by atoms with E-state index in [0.717, 1.165) is 0 Å². The third kappa shape index (κ3) is 4.16. The standard InChI is InChI=1S/C11H13BrN2O3/c1-6(13)4-10(15)14-7-2-3-9(12)8(5-7)11(16)17/h2-3,5-6H,4,13H2,1H3,(H,14,15)(H,16,17). The Labute approximate surface area is 107 Å². The van der Waals surface area contributed by atoms with Gasteiger partial charge in [0.2, 0.25) is 5.91 Å². The van der Waals surface area contributed by atoms with Crippen molar-refractivity contribution < 1.29 is 14.7 Å². The van der Waals surface area contributed by atoms with Gasteiger partial charge in [0.1, 0.15) is 0 Å². The van der Waals surface area contributed by atoms with Gasteiger partial charge in [-0.2, -0.15) is 0 Å². The van der Waals surface area contributed by atoms with E-state index in [1.807, 2.05) is 0 Å². The van der Waals surface area contributed by atoms with Gasteiger partial charge in [0.25, 0.3) is 0 Å². The van der Waals surface area contributed by atoms with Crippen LogP contribution in [0.4, 0.5) is 5.69 Å². The summed E-state index contributed by atoms with van der Waals surface area (Å²) in [7, 11) is 0. The number of rotatable bonds is 4. The molecule has 1 unspecified atom stereocenters. The predicted octanol–water partition coefficient (Wildman–Crippen LogP) is 1.82. The smallest absolute Gasteiger partial charge is 0.336 e. The zero-order chi connectivity index (χ0) is 13.0. The van der Waals surface area contributed by atoms with E-state index in [1.165, 1.54) is 6.07 Å². The van der Waals surface area contributed by atoms with Crippen LogP contribution in [0.5, 0.6) is 0 Å². The summed E-state index contributed by atoms with van der Waals surface area (Å²) in [6.07, 6.45) is 0.193. The van der Waals surface area contributed by atoms with Gasteiger partial charge in [-0.05, 0) is 41.1 Å². The van der Waals surface area contributed by atoms with Crippen molar-refractivity contribution in [2.24, 2.45) is 5.73 Å². The first-order chi connectivity index (χ1) is 7.90. The zero-order valence-electron chi connectivity index (χ0n) is 9.24. The first kappa shape index (κ1) is 13.7. The molecule has 0 aromatic heterocycles. The summed E-state index contributed by atoms with van der Waals surface area (Å²) in [5.41, 5.74) is 6.03. The molecule has 0 heterocycles. The van der Waals surface area contributed by atoms with Crippen LogP contribution in [0.2, 0.25) is 0 Å². The molecule has 6 heteroatoms. The van der Waals surface area contributed by atoms with Crippen LogP contribution in [0, 0.1) is 0 Å². The molecule has 0 bridgehead atoms. The van der Waals surface area contributed by atoms with Gasteiger partial charge in [-0.3, -0.25) is 4.79 Å². The molecule has 0 aliphatic carbocycles. The third-order valence-electron chi connectivity index (χ3n) is 1.99. The van der Waals surface area contributed by atoms with Crippen LogP contribution in [0.25, 0.3) is 0 Å². The van der Waals surface area contributed by atoms with Crippen molar-refractivity contribution in [2.75, 3.05) is 5.32 Å². The van der Waals surface area contributed by atoms with E-state index in [-0.39, 0.29) is 23.9 Å². The molecule has 17 heavy (non-hydrogen) atoms. The quantitative estimate of drug-likeness (QED) is 0.791. The Bertz CT molecular complexity index is 446. The van der Waals surface area contributed by atoms with Gasteiger partial charge in [-0.25, -0.2) is 4.79 Å². The lowest BCUT2D eigenvalue weighted by atomic mass is 10.2. The van der Waals surface area contributed by atoms with Crippen LogP contribution in [0.3, 0.4) is 0 Å². The first-order valence-electron chi connectivity index (χ1n) is 4.98. The zero-order valence-corrected chi connectivity index (χ0v) is 10.8.